The number of carbonyl (C=O) groups is 1. The zero-order chi connectivity index (χ0) is 23.5. The summed E-state index contributed by atoms with van der Waals surface area (Å²) in [4.78, 5) is 13.0. The van der Waals surface area contributed by atoms with Crippen molar-refractivity contribution in [1.29, 1.82) is 0 Å². The minimum absolute atomic E-state index is 0.172. The molecule has 2 aromatic heterocycles. The monoisotopic (exact) mass is 508 g/mol. The van der Waals surface area contributed by atoms with Crippen LogP contribution in [0, 0.1) is 27.7 Å². The van der Waals surface area contributed by atoms with Crippen molar-refractivity contribution in [2.24, 2.45) is 0 Å². The van der Waals surface area contributed by atoms with Gasteiger partial charge in [0, 0.05) is 6.20 Å². The lowest BCUT2D eigenvalue weighted by Crippen LogP contribution is -2.16. The van der Waals surface area contributed by atoms with Gasteiger partial charge in [0.15, 0.2) is 11.5 Å². The summed E-state index contributed by atoms with van der Waals surface area (Å²) in [6.07, 6.45) is 1.83. The van der Waals surface area contributed by atoms with Crippen LogP contribution in [0.2, 0.25) is 0 Å². The number of ether oxygens (including phenoxy) is 1. The van der Waals surface area contributed by atoms with Crippen molar-refractivity contribution in [3.05, 3.63) is 92.4 Å². The molecule has 0 aliphatic carbocycles. The fourth-order valence-corrected chi connectivity index (χ4v) is 3.99. The van der Waals surface area contributed by atoms with Crippen molar-refractivity contribution < 1.29 is 14.1 Å². The summed E-state index contributed by atoms with van der Waals surface area (Å²) >= 11 is 3.48. The molecule has 4 aromatic rings. The Labute approximate surface area is 200 Å². The van der Waals surface area contributed by atoms with E-state index in [1.807, 2.05) is 50.4 Å². The third-order valence-corrected chi connectivity index (χ3v) is 5.86. The normalized spacial score (nSPS) is 10.9. The number of anilines is 1. The van der Waals surface area contributed by atoms with Crippen molar-refractivity contribution in [3.63, 3.8) is 0 Å². The number of aryl methyl sites for hydroxylation is 4. The standard InChI is InChI=1S/C25H25BrN4O3/c1-15-6-5-7-19(11-15)12-30-13-21(26)24(28-30)27-25(31)23-20(18(4)33-29-23)14-32-22-9-8-16(2)10-17(22)3/h5-11,13H,12,14H2,1-4H3,(H,27,28,31). The van der Waals surface area contributed by atoms with E-state index in [0.29, 0.717) is 28.2 Å². The molecule has 1 amide bonds. The molecule has 0 fully saturated rings. The van der Waals surface area contributed by atoms with Gasteiger partial charge in [-0.25, -0.2) is 0 Å². The minimum atomic E-state index is -0.410. The molecule has 0 aliphatic heterocycles. The third-order valence-electron chi connectivity index (χ3n) is 5.28. The van der Waals surface area contributed by atoms with Gasteiger partial charge in [-0.2, -0.15) is 5.10 Å². The summed E-state index contributed by atoms with van der Waals surface area (Å²) in [5.74, 6) is 1.29. The van der Waals surface area contributed by atoms with Gasteiger partial charge in [0.05, 0.1) is 16.6 Å². The molecule has 1 N–H and O–H groups in total. The molecule has 0 radical (unpaired) electrons. The molecule has 0 saturated heterocycles. The molecular weight excluding hydrogens is 484 g/mol. The number of amides is 1. The Morgan fingerprint density at radius 2 is 1.91 bits per heavy atom. The highest BCUT2D eigenvalue weighted by atomic mass is 79.9. The summed E-state index contributed by atoms with van der Waals surface area (Å²) < 4.78 is 13.7. The first kappa shape index (κ1) is 22.8. The van der Waals surface area contributed by atoms with Gasteiger partial charge in [0.1, 0.15) is 18.1 Å². The Balaban J connectivity index is 1.47. The van der Waals surface area contributed by atoms with E-state index in [1.165, 1.54) is 5.56 Å². The van der Waals surface area contributed by atoms with E-state index >= 15 is 0 Å². The fourth-order valence-electron chi connectivity index (χ4n) is 3.58. The predicted octanol–water partition coefficient (Wildman–Crippen LogP) is 5.75. The van der Waals surface area contributed by atoms with Gasteiger partial charge < -0.3 is 14.6 Å². The Hall–Kier alpha value is -3.39. The van der Waals surface area contributed by atoms with Crippen molar-refractivity contribution in [2.75, 3.05) is 5.32 Å². The van der Waals surface area contributed by atoms with Gasteiger partial charge in [-0.05, 0) is 60.8 Å². The number of carbonyl (C=O) groups excluding carboxylic acids is 1. The predicted molar refractivity (Wildman–Crippen MR) is 130 cm³/mol. The summed E-state index contributed by atoms with van der Waals surface area (Å²) in [6, 6.07) is 14.2. The number of halogens is 1. The summed E-state index contributed by atoms with van der Waals surface area (Å²) in [5, 5.41) is 11.3. The molecule has 2 heterocycles. The lowest BCUT2D eigenvalue weighted by molar-refractivity contribution is 0.101. The largest absolute Gasteiger partial charge is 0.488 e. The maximum Gasteiger partial charge on any atom is 0.279 e. The zero-order valence-corrected chi connectivity index (χ0v) is 20.6. The third kappa shape index (κ3) is 5.34. The molecular formula is C25H25BrN4O3. The molecule has 0 unspecified atom stereocenters. The highest BCUT2D eigenvalue weighted by molar-refractivity contribution is 9.10. The minimum Gasteiger partial charge on any atom is -0.488 e. The Kier molecular flexibility index (Phi) is 6.65. The number of nitrogens with zero attached hydrogens (tertiary/aromatic N) is 3. The van der Waals surface area contributed by atoms with Gasteiger partial charge in [0.25, 0.3) is 5.91 Å². The number of benzene rings is 2. The summed E-state index contributed by atoms with van der Waals surface area (Å²) in [5.41, 5.74) is 5.27. The van der Waals surface area contributed by atoms with E-state index in [0.717, 1.165) is 22.4 Å². The SMILES string of the molecule is Cc1cccc(Cn2cc(Br)c(NC(=O)c3noc(C)c3COc3ccc(C)cc3C)n2)c1. The van der Waals surface area contributed by atoms with Crippen LogP contribution in [0.4, 0.5) is 5.82 Å². The second-order valence-corrected chi connectivity index (χ2v) is 8.94. The average molecular weight is 509 g/mol. The smallest absolute Gasteiger partial charge is 0.279 e. The van der Waals surface area contributed by atoms with Crippen molar-refractivity contribution in [3.8, 4) is 5.75 Å². The zero-order valence-electron chi connectivity index (χ0n) is 19.0. The molecule has 0 bridgehead atoms. The van der Waals surface area contributed by atoms with E-state index in [1.54, 1.807) is 11.6 Å². The lowest BCUT2D eigenvalue weighted by atomic mass is 10.1. The van der Waals surface area contributed by atoms with Crippen molar-refractivity contribution in [1.82, 2.24) is 14.9 Å². The lowest BCUT2D eigenvalue weighted by Gasteiger charge is -2.10. The molecule has 0 spiro atoms. The molecule has 4 rings (SSSR count). The quantitative estimate of drug-likeness (QED) is 0.343. The van der Waals surface area contributed by atoms with Crippen LogP contribution in [0.1, 0.15) is 44.1 Å². The molecule has 170 valence electrons. The molecule has 33 heavy (non-hydrogen) atoms. The number of nitrogens with one attached hydrogen (secondary N) is 1. The highest BCUT2D eigenvalue weighted by Crippen LogP contribution is 2.25. The van der Waals surface area contributed by atoms with E-state index in [2.05, 4.69) is 50.6 Å². The van der Waals surface area contributed by atoms with Gasteiger partial charge in [-0.15, -0.1) is 0 Å². The second-order valence-electron chi connectivity index (χ2n) is 8.09. The molecule has 0 saturated carbocycles. The molecule has 0 atom stereocenters. The molecule has 0 aliphatic rings. The van der Waals surface area contributed by atoms with Crippen LogP contribution < -0.4 is 10.1 Å². The topological polar surface area (TPSA) is 82.2 Å². The number of hydrogen-bond acceptors (Lipinski definition) is 5. The van der Waals surface area contributed by atoms with E-state index in [-0.39, 0.29) is 12.3 Å². The maximum atomic E-state index is 13.0. The van der Waals surface area contributed by atoms with E-state index < -0.39 is 5.91 Å². The fraction of sp³-hybridized carbons (Fsp3) is 0.240. The van der Waals surface area contributed by atoms with E-state index in [9.17, 15) is 4.79 Å². The first-order valence-corrected chi connectivity index (χ1v) is 11.3. The Bertz CT molecular complexity index is 1310. The number of aromatic nitrogens is 3. The number of rotatable bonds is 7. The van der Waals surface area contributed by atoms with Crippen LogP contribution in [0.25, 0.3) is 0 Å². The van der Waals surface area contributed by atoms with E-state index in [4.69, 9.17) is 9.26 Å². The van der Waals surface area contributed by atoms with Crippen LogP contribution in [0.5, 0.6) is 5.75 Å². The molecule has 2 aromatic carbocycles. The Morgan fingerprint density at radius 3 is 2.67 bits per heavy atom. The number of hydrogen-bond donors (Lipinski definition) is 1. The highest BCUT2D eigenvalue weighted by Gasteiger charge is 2.22. The van der Waals surface area contributed by atoms with Crippen LogP contribution >= 0.6 is 15.9 Å². The van der Waals surface area contributed by atoms with Crippen LogP contribution in [0.15, 0.2) is 57.7 Å². The maximum absolute atomic E-state index is 13.0. The van der Waals surface area contributed by atoms with Crippen molar-refractivity contribution in [2.45, 2.75) is 40.8 Å². The average Bonchev–Trinajstić information content (AvgIpc) is 3.29. The molecule has 7 nitrogen and oxygen atoms in total. The first-order valence-electron chi connectivity index (χ1n) is 10.5. The first-order chi connectivity index (χ1) is 15.8. The van der Waals surface area contributed by atoms with Gasteiger partial charge in [0.2, 0.25) is 0 Å². The van der Waals surface area contributed by atoms with Gasteiger partial charge in [-0.3, -0.25) is 9.48 Å². The van der Waals surface area contributed by atoms with Crippen LogP contribution in [0.3, 0.4) is 0 Å². The summed E-state index contributed by atoms with van der Waals surface area (Å²) in [7, 11) is 0. The second kappa shape index (κ2) is 9.62. The Morgan fingerprint density at radius 1 is 1.12 bits per heavy atom. The van der Waals surface area contributed by atoms with Crippen LogP contribution in [-0.4, -0.2) is 20.8 Å². The van der Waals surface area contributed by atoms with Gasteiger partial charge >= 0.3 is 0 Å². The van der Waals surface area contributed by atoms with Gasteiger partial charge in [-0.1, -0.05) is 52.7 Å². The molecule has 8 heteroatoms. The van der Waals surface area contributed by atoms with Crippen LogP contribution in [-0.2, 0) is 13.2 Å². The van der Waals surface area contributed by atoms with Crippen molar-refractivity contribution >= 4 is 27.7 Å². The summed E-state index contributed by atoms with van der Waals surface area (Å²) in [6.45, 7) is 8.59.